The fourth-order valence-corrected chi connectivity index (χ4v) is 7.47. The molecule has 1 heterocycles. The zero-order chi connectivity index (χ0) is 19.6. The molecule has 0 saturated heterocycles. The number of benzene rings is 2. The van der Waals surface area contributed by atoms with Gasteiger partial charge in [-0.05, 0) is 91.5 Å². The van der Waals surface area contributed by atoms with Gasteiger partial charge in [-0.2, -0.15) is 0 Å². The molecule has 0 N–H and O–H groups in total. The highest BCUT2D eigenvalue weighted by Crippen LogP contribution is 2.61. The van der Waals surface area contributed by atoms with E-state index in [9.17, 15) is 9.18 Å². The SMILES string of the molecule is O=C(N1CCc2ccccc2C1c1ccc(F)cc1)C12CC3CC(CC(C3)C1)C2. The maximum atomic E-state index is 14.2. The van der Waals surface area contributed by atoms with Gasteiger partial charge in [-0.25, -0.2) is 4.39 Å². The van der Waals surface area contributed by atoms with Crippen molar-refractivity contribution in [3.05, 3.63) is 71.0 Å². The molecule has 4 bridgehead atoms. The van der Waals surface area contributed by atoms with E-state index in [2.05, 4.69) is 29.2 Å². The predicted octanol–water partition coefficient (Wildman–Crippen LogP) is 5.52. The molecule has 1 unspecified atom stereocenters. The van der Waals surface area contributed by atoms with Gasteiger partial charge in [0, 0.05) is 6.54 Å². The number of rotatable bonds is 2. The number of fused-ring (bicyclic) bond motifs is 1. The van der Waals surface area contributed by atoms with E-state index < -0.39 is 0 Å². The minimum atomic E-state index is -0.225. The van der Waals surface area contributed by atoms with Crippen LogP contribution in [0.1, 0.15) is 61.3 Å². The Labute approximate surface area is 172 Å². The largest absolute Gasteiger partial charge is 0.331 e. The average molecular weight is 390 g/mol. The second-order valence-corrected chi connectivity index (χ2v) is 10.1. The average Bonchev–Trinajstić information content (AvgIpc) is 2.72. The maximum absolute atomic E-state index is 14.2. The summed E-state index contributed by atoms with van der Waals surface area (Å²) in [4.78, 5) is 16.3. The number of hydrogen-bond donors (Lipinski definition) is 0. The minimum Gasteiger partial charge on any atom is -0.331 e. The minimum absolute atomic E-state index is 0.0962. The third kappa shape index (κ3) is 2.77. The van der Waals surface area contributed by atoms with Gasteiger partial charge >= 0.3 is 0 Å². The number of hydrogen-bond acceptors (Lipinski definition) is 1. The summed E-state index contributed by atoms with van der Waals surface area (Å²) in [6.07, 6.45) is 8.21. The van der Waals surface area contributed by atoms with Gasteiger partial charge in [-0.1, -0.05) is 36.4 Å². The summed E-state index contributed by atoms with van der Waals surface area (Å²) >= 11 is 0. The number of halogens is 1. The van der Waals surface area contributed by atoms with Gasteiger partial charge in [-0.3, -0.25) is 4.79 Å². The summed E-state index contributed by atoms with van der Waals surface area (Å²) in [6, 6.07) is 15.2. The lowest BCUT2D eigenvalue weighted by Gasteiger charge is -2.57. The van der Waals surface area contributed by atoms with Crippen LogP contribution in [0.2, 0.25) is 0 Å². The lowest BCUT2D eigenvalue weighted by atomic mass is 9.49. The lowest BCUT2D eigenvalue weighted by molar-refractivity contribution is -0.159. The smallest absolute Gasteiger partial charge is 0.229 e. The first kappa shape index (κ1) is 17.7. The Hall–Kier alpha value is -2.16. The van der Waals surface area contributed by atoms with E-state index in [0.29, 0.717) is 5.91 Å². The summed E-state index contributed by atoms with van der Waals surface area (Å²) in [7, 11) is 0. The van der Waals surface area contributed by atoms with Crippen molar-refractivity contribution in [2.45, 2.75) is 51.0 Å². The fraction of sp³-hybridized carbons (Fsp3) is 0.500. The van der Waals surface area contributed by atoms with Crippen molar-refractivity contribution in [1.29, 1.82) is 0 Å². The first-order chi connectivity index (χ1) is 14.1. The van der Waals surface area contributed by atoms with Crippen molar-refractivity contribution in [2.24, 2.45) is 23.2 Å². The number of carbonyl (C=O) groups is 1. The van der Waals surface area contributed by atoms with Crippen molar-refractivity contribution in [3.63, 3.8) is 0 Å². The van der Waals surface area contributed by atoms with Crippen molar-refractivity contribution in [2.75, 3.05) is 6.54 Å². The van der Waals surface area contributed by atoms with Crippen LogP contribution in [0.4, 0.5) is 4.39 Å². The lowest BCUT2D eigenvalue weighted by Crippen LogP contribution is -2.56. The van der Waals surface area contributed by atoms with Crippen molar-refractivity contribution in [1.82, 2.24) is 4.90 Å². The molecule has 0 aromatic heterocycles. The summed E-state index contributed by atoms with van der Waals surface area (Å²) in [5.41, 5.74) is 3.41. The maximum Gasteiger partial charge on any atom is 0.229 e. The molecule has 3 heteroatoms. The van der Waals surface area contributed by atoms with E-state index >= 15 is 0 Å². The topological polar surface area (TPSA) is 20.3 Å². The molecule has 150 valence electrons. The molecular weight excluding hydrogens is 361 g/mol. The number of nitrogens with zero attached hydrogens (tertiary/aromatic N) is 1. The molecular formula is C26H28FNO. The van der Waals surface area contributed by atoms with Gasteiger partial charge in [0.25, 0.3) is 0 Å². The monoisotopic (exact) mass is 389 g/mol. The Morgan fingerprint density at radius 1 is 0.897 bits per heavy atom. The predicted molar refractivity (Wildman–Crippen MR) is 111 cm³/mol. The molecule has 1 amide bonds. The Morgan fingerprint density at radius 3 is 2.17 bits per heavy atom. The zero-order valence-electron chi connectivity index (χ0n) is 16.8. The van der Waals surface area contributed by atoms with Gasteiger partial charge in [0.15, 0.2) is 0 Å². The standard InChI is InChI=1S/C26H28FNO/c27-22-7-5-21(6-8-22)24-23-4-2-1-3-20(23)9-10-28(24)25(29)26-14-17-11-18(15-26)13-19(12-17)16-26/h1-8,17-19,24H,9-16H2. The van der Waals surface area contributed by atoms with Crippen LogP contribution < -0.4 is 0 Å². The molecule has 0 spiro atoms. The molecule has 4 aliphatic carbocycles. The molecule has 5 aliphatic rings. The summed E-state index contributed by atoms with van der Waals surface area (Å²) < 4.78 is 13.6. The van der Waals surface area contributed by atoms with E-state index in [1.54, 1.807) is 0 Å². The Kier molecular flexibility index (Phi) is 3.91. The third-order valence-electron chi connectivity index (χ3n) is 8.22. The second-order valence-electron chi connectivity index (χ2n) is 10.1. The summed E-state index contributed by atoms with van der Waals surface area (Å²) in [6.45, 7) is 0.764. The Morgan fingerprint density at radius 2 is 1.52 bits per heavy atom. The van der Waals surface area contributed by atoms with E-state index in [-0.39, 0.29) is 17.3 Å². The van der Waals surface area contributed by atoms with Gasteiger partial charge in [0.2, 0.25) is 5.91 Å². The molecule has 2 aromatic rings. The molecule has 2 nitrogen and oxygen atoms in total. The van der Waals surface area contributed by atoms with Crippen molar-refractivity contribution < 1.29 is 9.18 Å². The highest BCUT2D eigenvalue weighted by atomic mass is 19.1. The van der Waals surface area contributed by atoms with Crippen LogP contribution in [-0.4, -0.2) is 17.4 Å². The third-order valence-corrected chi connectivity index (χ3v) is 8.22. The van der Waals surface area contributed by atoms with Crippen LogP contribution in [0, 0.1) is 29.0 Å². The Bertz CT molecular complexity index is 914. The van der Waals surface area contributed by atoms with E-state index in [1.807, 2.05) is 12.1 Å². The van der Waals surface area contributed by atoms with Crippen LogP contribution >= 0.6 is 0 Å². The number of amides is 1. The molecule has 0 radical (unpaired) electrons. The second kappa shape index (κ2) is 6.42. The van der Waals surface area contributed by atoms with Crippen LogP contribution in [-0.2, 0) is 11.2 Å². The van der Waals surface area contributed by atoms with Crippen LogP contribution in [0.5, 0.6) is 0 Å². The van der Waals surface area contributed by atoms with E-state index in [0.717, 1.165) is 55.5 Å². The highest BCUT2D eigenvalue weighted by Gasteiger charge is 2.56. The van der Waals surface area contributed by atoms with Crippen LogP contribution in [0.15, 0.2) is 48.5 Å². The van der Waals surface area contributed by atoms with E-state index in [1.165, 1.54) is 42.5 Å². The highest BCUT2D eigenvalue weighted by molar-refractivity contribution is 5.84. The quantitative estimate of drug-likeness (QED) is 0.663. The van der Waals surface area contributed by atoms with Gasteiger partial charge < -0.3 is 4.90 Å². The first-order valence-corrected chi connectivity index (χ1v) is 11.3. The van der Waals surface area contributed by atoms with Crippen LogP contribution in [0.25, 0.3) is 0 Å². The molecule has 2 aromatic carbocycles. The summed E-state index contributed by atoms with van der Waals surface area (Å²) in [5.74, 6) is 2.42. The molecule has 1 aliphatic heterocycles. The zero-order valence-corrected chi connectivity index (χ0v) is 16.8. The van der Waals surface area contributed by atoms with Crippen molar-refractivity contribution >= 4 is 5.91 Å². The van der Waals surface area contributed by atoms with Gasteiger partial charge in [-0.15, -0.1) is 0 Å². The molecule has 1 atom stereocenters. The first-order valence-electron chi connectivity index (χ1n) is 11.3. The van der Waals surface area contributed by atoms with E-state index in [4.69, 9.17) is 0 Å². The Balaban J connectivity index is 1.41. The number of carbonyl (C=O) groups excluding carboxylic acids is 1. The van der Waals surface area contributed by atoms with Gasteiger partial charge in [0.05, 0.1) is 11.5 Å². The fourth-order valence-electron chi connectivity index (χ4n) is 7.47. The molecule has 4 fully saturated rings. The molecule has 29 heavy (non-hydrogen) atoms. The normalized spacial score (nSPS) is 34.9. The van der Waals surface area contributed by atoms with Crippen molar-refractivity contribution in [3.8, 4) is 0 Å². The molecule has 7 rings (SSSR count). The molecule has 4 saturated carbocycles. The van der Waals surface area contributed by atoms with Gasteiger partial charge in [0.1, 0.15) is 5.82 Å². The van der Waals surface area contributed by atoms with Crippen LogP contribution in [0.3, 0.4) is 0 Å². The summed E-state index contributed by atoms with van der Waals surface area (Å²) in [5, 5.41) is 0.